The van der Waals surface area contributed by atoms with Crippen LogP contribution in [0.1, 0.15) is 28.4 Å². The number of nitrogens with zero attached hydrogens (tertiary/aromatic N) is 1. The van der Waals surface area contributed by atoms with Crippen molar-refractivity contribution in [2.24, 2.45) is 5.73 Å². The predicted octanol–water partition coefficient (Wildman–Crippen LogP) is 1.96. The zero-order valence-corrected chi connectivity index (χ0v) is 10.4. The van der Waals surface area contributed by atoms with Gasteiger partial charge in [-0.25, -0.2) is 4.79 Å². The number of hydrogen-bond acceptors (Lipinski definition) is 4. The lowest BCUT2D eigenvalue weighted by atomic mass is 10.0. The number of carbonyl (C=O) groups excluding carboxylic acids is 1. The van der Waals surface area contributed by atoms with Crippen LogP contribution in [0.3, 0.4) is 0 Å². The van der Waals surface area contributed by atoms with Gasteiger partial charge in [0.15, 0.2) is 0 Å². The van der Waals surface area contributed by atoms with Crippen molar-refractivity contribution < 1.29 is 9.53 Å². The zero-order chi connectivity index (χ0) is 12.1. The minimum atomic E-state index is -0.499. The molecule has 0 atom stereocenters. The number of benzene rings is 1. The second-order valence-corrected chi connectivity index (χ2v) is 3.88. The molecule has 0 aliphatic heterocycles. The summed E-state index contributed by atoms with van der Waals surface area (Å²) in [7, 11) is 0. The highest BCUT2D eigenvalue weighted by Gasteiger charge is 2.15. The largest absolute Gasteiger partial charge is 0.462 e. The number of nitrogens with two attached hydrogens (primary N) is 1. The molecule has 0 radical (unpaired) electrons. The molecule has 0 amide bonds. The molecule has 0 aliphatic rings. The van der Waals surface area contributed by atoms with Gasteiger partial charge < -0.3 is 10.5 Å². The Morgan fingerprint density at radius 3 is 2.81 bits per heavy atom. The highest BCUT2D eigenvalue weighted by atomic mass is 79.9. The third-order valence-electron chi connectivity index (χ3n) is 2.02. The molecule has 1 aromatic carbocycles. The molecule has 0 saturated carbocycles. The summed E-state index contributed by atoms with van der Waals surface area (Å²) in [6.45, 7) is 2.28. The Kier molecular flexibility index (Phi) is 4.47. The fourth-order valence-corrected chi connectivity index (χ4v) is 1.75. The van der Waals surface area contributed by atoms with E-state index in [2.05, 4.69) is 15.9 Å². The van der Waals surface area contributed by atoms with Gasteiger partial charge in [-0.05, 0) is 24.6 Å². The highest BCUT2D eigenvalue weighted by molar-refractivity contribution is 9.10. The van der Waals surface area contributed by atoms with Crippen LogP contribution in [0.4, 0.5) is 0 Å². The summed E-state index contributed by atoms with van der Waals surface area (Å²) in [6.07, 6.45) is 0. The number of rotatable bonds is 3. The minimum absolute atomic E-state index is 0.257. The molecular weight excluding hydrogens is 272 g/mol. The molecule has 84 valence electrons. The Labute approximate surface area is 102 Å². The van der Waals surface area contributed by atoms with Crippen LogP contribution in [0.25, 0.3) is 0 Å². The molecule has 0 fully saturated rings. The molecular formula is C11H11BrN2O2. The third kappa shape index (κ3) is 2.60. The van der Waals surface area contributed by atoms with Crippen LogP contribution in [0.5, 0.6) is 0 Å². The highest BCUT2D eigenvalue weighted by Crippen LogP contribution is 2.22. The zero-order valence-electron chi connectivity index (χ0n) is 8.79. The van der Waals surface area contributed by atoms with Gasteiger partial charge in [-0.1, -0.05) is 15.9 Å². The molecule has 0 aromatic heterocycles. The first-order valence-corrected chi connectivity index (χ1v) is 5.53. The number of esters is 1. The maximum Gasteiger partial charge on any atom is 0.339 e. The van der Waals surface area contributed by atoms with Gasteiger partial charge in [0.25, 0.3) is 0 Å². The Hall–Kier alpha value is -1.38. The number of ether oxygens (including phenoxy) is 1. The van der Waals surface area contributed by atoms with Crippen molar-refractivity contribution in [2.75, 3.05) is 6.61 Å². The number of halogens is 1. The third-order valence-corrected chi connectivity index (χ3v) is 2.76. The van der Waals surface area contributed by atoms with E-state index in [1.165, 1.54) is 0 Å². The van der Waals surface area contributed by atoms with E-state index in [0.717, 1.165) is 10.0 Å². The van der Waals surface area contributed by atoms with Crippen molar-refractivity contribution in [3.8, 4) is 6.07 Å². The first kappa shape index (κ1) is 12.7. The molecule has 0 spiro atoms. The molecule has 5 heteroatoms. The number of nitriles is 1. The molecule has 4 nitrogen and oxygen atoms in total. The fourth-order valence-electron chi connectivity index (χ4n) is 1.24. The molecule has 16 heavy (non-hydrogen) atoms. The monoisotopic (exact) mass is 282 g/mol. The standard InChI is InChI=1S/C11H11BrN2O2/c1-2-16-11(15)9-3-8(6-14)10(12)4-7(9)5-13/h3-4H,2,6,14H2,1H3. The van der Waals surface area contributed by atoms with Crippen molar-refractivity contribution >= 4 is 21.9 Å². The maximum atomic E-state index is 11.6. The van der Waals surface area contributed by atoms with Gasteiger partial charge in [0, 0.05) is 11.0 Å². The molecule has 0 heterocycles. The summed E-state index contributed by atoms with van der Waals surface area (Å²) in [5, 5.41) is 8.91. The van der Waals surface area contributed by atoms with Crippen LogP contribution in [0.15, 0.2) is 16.6 Å². The summed E-state index contributed by atoms with van der Waals surface area (Å²) < 4.78 is 5.59. The first-order chi connectivity index (χ1) is 7.63. The van der Waals surface area contributed by atoms with E-state index in [1.807, 2.05) is 6.07 Å². The van der Waals surface area contributed by atoms with Crippen molar-refractivity contribution in [1.29, 1.82) is 5.26 Å². The Morgan fingerprint density at radius 1 is 1.62 bits per heavy atom. The van der Waals surface area contributed by atoms with Crippen molar-refractivity contribution in [3.63, 3.8) is 0 Å². The Morgan fingerprint density at radius 2 is 2.31 bits per heavy atom. The van der Waals surface area contributed by atoms with Crippen LogP contribution < -0.4 is 5.73 Å². The van der Waals surface area contributed by atoms with Crippen LogP contribution in [-0.2, 0) is 11.3 Å². The maximum absolute atomic E-state index is 11.6. The second-order valence-electron chi connectivity index (χ2n) is 3.03. The first-order valence-electron chi connectivity index (χ1n) is 4.73. The van der Waals surface area contributed by atoms with E-state index in [0.29, 0.717) is 6.54 Å². The van der Waals surface area contributed by atoms with Crippen LogP contribution in [0, 0.1) is 11.3 Å². The molecule has 0 aliphatic carbocycles. The summed E-state index contributed by atoms with van der Waals surface area (Å²) in [6, 6.07) is 5.12. The summed E-state index contributed by atoms with van der Waals surface area (Å²) >= 11 is 3.29. The van der Waals surface area contributed by atoms with Gasteiger partial charge >= 0.3 is 5.97 Å². The van der Waals surface area contributed by atoms with Gasteiger partial charge in [-0.15, -0.1) is 0 Å². The smallest absolute Gasteiger partial charge is 0.339 e. The van der Waals surface area contributed by atoms with Crippen LogP contribution in [0.2, 0.25) is 0 Å². The summed E-state index contributed by atoms with van der Waals surface area (Å²) in [5.41, 5.74) is 6.82. The average molecular weight is 283 g/mol. The van der Waals surface area contributed by atoms with Gasteiger partial charge in [0.1, 0.15) is 6.07 Å². The molecule has 0 saturated heterocycles. The van der Waals surface area contributed by atoms with Crippen LogP contribution >= 0.6 is 15.9 Å². The molecule has 0 unspecified atom stereocenters. The number of carbonyl (C=O) groups is 1. The van der Waals surface area contributed by atoms with Gasteiger partial charge in [0.05, 0.1) is 17.7 Å². The summed E-state index contributed by atoms with van der Waals surface area (Å²) in [4.78, 5) is 11.6. The Balaban J connectivity index is 3.26. The molecule has 2 N–H and O–H groups in total. The lowest BCUT2D eigenvalue weighted by Gasteiger charge is -2.07. The van der Waals surface area contributed by atoms with Gasteiger partial charge in [0.2, 0.25) is 0 Å². The quantitative estimate of drug-likeness (QED) is 0.860. The van der Waals surface area contributed by atoms with E-state index < -0.39 is 5.97 Å². The molecule has 1 rings (SSSR count). The topological polar surface area (TPSA) is 76.1 Å². The fraction of sp³-hybridized carbons (Fsp3) is 0.273. The normalized spacial score (nSPS) is 9.62. The summed E-state index contributed by atoms with van der Waals surface area (Å²) in [5.74, 6) is -0.499. The van der Waals surface area contributed by atoms with Crippen molar-refractivity contribution in [2.45, 2.75) is 13.5 Å². The van der Waals surface area contributed by atoms with E-state index in [-0.39, 0.29) is 17.7 Å². The van der Waals surface area contributed by atoms with E-state index >= 15 is 0 Å². The van der Waals surface area contributed by atoms with Crippen molar-refractivity contribution in [3.05, 3.63) is 33.3 Å². The van der Waals surface area contributed by atoms with Crippen LogP contribution in [-0.4, -0.2) is 12.6 Å². The lowest BCUT2D eigenvalue weighted by Crippen LogP contribution is -2.09. The molecule has 0 bridgehead atoms. The molecule has 1 aromatic rings. The van der Waals surface area contributed by atoms with E-state index in [1.54, 1.807) is 19.1 Å². The van der Waals surface area contributed by atoms with Gasteiger partial charge in [-0.3, -0.25) is 0 Å². The minimum Gasteiger partial charge on any atom is -0.462 e. The Bertz CT molecular complexity index is 452. The van der Waals surface area contributed by atoms with Gasteiger partial charge in [-0.2, -0.15) is 5.26 Å². The number of hydrogen-bond donors (Lipinski definition) is 1. The average Bonchev–Trinajstić information content (AvgIpc) is 2.28. The SMILES string of the molecule is CCOC(=O)c1cc(CN)c(Br)cc1C#N. The second kappa shape index (κ2) is 5.64. The lowest BCUT2D eigenvalue weighted by molar-refractivity contribution is 0.0526. The predicted molar refractivity (Wildman–Crippen MR) is 62.7 cm³/mol. The van der Waals surface area contributed by atoms with Crippen molar-refractivity contribution in [1.82, 2.24) is 0 Å². The van der Waals surface area contributed by atoms with E-state index in [9.17, 15) is 4.79 Å². The van der Waals surface area contributed by atoms with E-state index in [4.69, 9.17) is 15.7 Å².